The van der Waals surface area contributed by atoms with Gasteiger partial charge in [0.25, 0.3) is 0 Å². The van der Waals surface area contributed by atoms with Gasteiger partial charge in [-0.05, 0) is 57.3 Å². The Balaban J connectivity index is 1.75. The van der Waals surface area contributed by atoms with E-state index in [2.05, 4.69) is 39.8 Å². The molecule has 1 aliphatic carbocycles. The summed E-state index contributed by atoms with van der Waals surface area (Å²) in [6.45, 7) is 5.66. The average molecular weight is 1440 g/mol. The monoisotopic (exact) mass is 1440 g/mol. The summed E-state index contributed by atoms with van der Waals surface area (Å²) in [5.74, 6) is -1.55. The number of unbranched alkanes of at least 4 members (excludes halogenated alkanes) is 30. The third kappa shape index (κ3) is 38.1. The number of carbonyl (C=O) groups is 3. The van der Waals surface area contributed by atoms with E-state index in [1.54, 1.807) is 6.08 Å². The highest BCUT2D eigenvalue weighted by molar-refractivity contribution is 7.47. The summed E-state index contributed by atoms with van der Waals surface area (Å²) in [4.78, 5) is 50.9. The molecular weight excluding hydrogens is 1300 g/mol. The van der Waals surface area contributed by atoms with Crippen LogP contribution in [0.2, 0.25) is 0 Å². The maximum absolute atomic E-state index is 14.3. The number of ether oxygens (including phenoxy) is 7. The first kappa shape index (κ1) is 90.4. The molecule has 19 atom stereocenters. The second-order valence-corrected chi connectivity index (χ2v) is 29.1. The second kappa shape index (κ2) is 54.7. The first-order chi connectivity index (χ1) is 47.7. The quantitative estimate of drug-likeness (QED) is 0.00512. The largest absolute Gasteiger partial charge is 0.472 e. The number of phosphoric ester groups is 1. The van der Waals surface area contributed by atoms with Crippen LogP contribution in [0.25, 0.3) is 0 Å². The third-order valence-electron chi connectivity index (χ3n) is 18.9. The number of hydrogen-bond donors (Lipinski definition) is 11. The zero-order chi connectivity index (χ0) is 72.6. The lowest BCUT2D eigenvalue weighted by molar-refractivity contribution is -0.360. The van der Waals surface area contributed by atoms with Crippen molar-refractivity contribution in [1.29, 1.82) is 0 Å². The van der Waals surface area contributed by atoms with Crippen molar-refractivity contribution in [2.75, 3.05) is 26.4 Å². The number of carbonyl (C=O) groups excluding carboxylic acids is 3. The van der Waals surface area contributed by atoms with Gasteiger partial charge in [-0.2, -0.15) is 0 Å². The molecule has 0 aromatic heterocycles. The molecule has 99 heavy (non-hydrogen) atoms. The van der Waals surface area contributed by atoms with Crippen LogP contribution in [0.4, 0.5) is 0 Å². The minimum absolute atomic E-state index is 0.0390. The number of aliphatic hydroxyl groups excluding tert-OH is 10. The first-order valence-corrected chi connectivity index (χ1v) is 39.7. The highest BCUT2D eigenvalue weighted by Gasteiger charge is 2.58. The second-order valence-electron chi connectivity index (χ2n) is 27.7. The fourth-order valence-corrected chi connectivity index (χ4v) is 13.5. The number of hydrogen-bond acceptors (Lipinski definition) is 23. The fourth-order valence-electron chi connectivity index (χ4n) is 12.6. The van der Waals surface area contributed by atoms with Gasteiger partial charge in [-0.1, -0.05) is 244 Å². The Kier molecular flexibility index (Phi) is 50.0. The third-order valence-corrected chi connectivity index (χ3v) is 19.9. The molecule has 578 valence electrons. The van der Waals surface area contributed by atoms with Gasteiger partial charge in [0.1, 0.15) is 98.7 Å². The summed E-state index contributed by atoms with van der Waals surface area (Å²) in [5.41, 5.74) is 0. The zero-order valence-corrected chi connectivity index (χ0v) is 61.3. The fraction of sp³-hybridized carbons (Fsp3) is 0.878. The highest BCUT2D eigenvalue weighted by atomic mass is 31.2. The van der Waals surface area contributed by atoms with Crippen molar-refractivity contribution in [1.82, 2.24) is 0 Å². The van der Waals surface area contributed by atoms with Gasteiger partial charge >= 0.3 is 25.7 Å². The Labute approximate surface area is 591 Å². The summed E-state index contributed by atoms with van der Waals surface area (Å²) >= 11 is 0. The SMILES string of the molecule is CCCCCCCC/C=C\CCCCCC(=O)OC(COC(=O)CCCCCCCCC(C)CCCCCCCC)COP(=O)(O)OC1C(OC2OC(CO)C(O)C(O)C2O)C(O)C(O)C(O)C1OC1OC(COC(=O)/C=C/C=C/CCCCCCCCCCCCC)C(O)C(O)C1O. The van der Waals surface area contributed by atoms with Gasteiger partial charge in [-0.15, -0.1) is 0 Å². The van der Waals surface area contributed by atoms with Crippen LogP contribution in [0.3, 0.4) is 0 Å². The van der Waals surface area contributed by atoms with E-state index in [-0.39, 0.29) is 12.8 Å². The number of esters is 3. The Hall–Kier alpha value is -2.82. The van der Waals surface area contributed by atoms with Crippen molar-refractivity contribution in [3.05, 3.63) is 36.5 Å². The molecule has 25 heteroatoms. The smallest absolute Gasteiger partial charge is 0.462 e. The predicted octanol–water partition coefficient (Wildman–Crippen LogP) is 10.5. The van der Waals surface area contributed by atoms with Crippen molar-refractivity contribution in [2.45, 2.75) is 382 Å². The van der Waals surface area contributed by atoms with Crippen molar-refractivity contribution in [2.24, 2.45) is 5.92 Å². The topological polar surface area (TPSA) is 374 Å². The highest BCUT2D eigenvalue weighted by Crippen LogP contribution is 2.49. The molecule has 0 aromatic carbocycles. The predicted molar refractivity (Wildman–Crippen MR) is 374 cm³/mol. The summed E-state index contributed by atoms with van der Waals surface area (Å²) in [7, 11) is -5.71. The van der Waals surface area contributed by atoms with E-state index in [9.17, 15) is 74.9 Å². The van der Waals surface area contributed by atoms with Crippen molar-refractivity contribution in [3.63, 3.8) is 0 Å². The molecule has 19 unspecified atom stereocenters. The molecule has 0 aromatic rings. The van der Waals surface area contributed by atoms with E-state index >= 15 is 0 Å². The molecule has 0 spiro atoms. The molecule has 24 nitrogen and oxygen atoms in total. The van der Waals surface area contributed by atoms with Crippen molar-refractivity contribution >= 4 is 25.7 Å². The normalized spacial score (nSPS) is 28.0. The van der Waals surface area contributed by atoms with E-state index in [4.69, 9.17) is 42.2 Å². The molecule has 3 fully saturated rings. The molecule has 2 saturated heterocycles. The molecule has 0 amide bonds. The Morgan fingerprint density at radius 2 is 0.848 bits per heavy atom. The number of phosphoric acid groups is 1. The Morgan fingerprint density at radius 1 is 0.444 bits per heavy atom. The van der Waals surface area contributed by atoms with Crippen LogP contribution in [0.1, 0.15) is 278 Å². The lowest BCUT2D eigenvalue weighted by atomic mass is 9.84. The minimum Gasteiger partial charge on any atom is -0.462 e. The van der Waals surface area contributed by atoms with Crippen molar-refractivity contribution < 1.29 is 117 Å². The molecule has 1 saturated carbocycles. The van der Waals surface area contributed by atoms with Gasteiger partial charge in [0, 0.05) is 18.9 Å². The molecule has 2 aliphatic heterocycles. The maximum atomic E-state index is 14.3. The summed E-state index contributed by atoms with van der Waals surface area (Å²) in [6.07, 6.45) is 15.7. The molecule has 0 bridgehead atoms. The van der Waals surface area contributed by atoms with Crippen LogP contribution in [0, 0.1) is 5.92 Å². The van der Waals surface area contributed by atoms with Crippen LogP contribution < -0.4 is 0 Å². The van der Waals surface area contributed by atoms with E-state index in [0.29, 0.717) is 25.2 Å². The van der Waals surface area contributed by atoms with Gasteiger partial charge in [-0.25, -0.2) is 9.36 Å². The Bertz CT molecular complexity index is 2210. The van der Waals surface area contributed by atoms with Crippen LogP contribution in [0.5, 0.6) is 0 Å². The van der Waals surface area contributed by atoms with E-state index < -0.39 is 156 Å². The molecule has 11 N–H and O–H groups in total. The molecule has 3 rings (SSSR count). The maximum Gasteiger partial charge on any atom is 0.472 e. The average Bonchev–Trinajstić information content (AvgIpc) is 0.762. The van der Waals surface area contributed by atoms with Crippen molar-refractivity contribution in [3.8, 4) is 0 Å². The van der Waals surface area contributed by atoms with Gasteiger partial charge < -0.3 is 89.1 Å². The molecule has 3 aliphatic rings. The standard InChI is InChI=1S/C74H133O24P/c1-5-8-11-14-17-19-21-23-24-26-27-29-31-37-43-48-59(77)91-53-57-62(80)64(82)69(87)74(95-57)97-71-67(85)65(83)66(84)70(96-73-68(86)63(81)61(79)56(50-75)94-73)72(71)98-99(88,89)92-52-55(93-60(78)49-44-39-32-30-28-25-22-20-18-15-12-9-6-2)51-90-58(76)47-42-38-34-33-36-41-46-54(4)45-40-35-16-13-10-7-3/h25,28,31,37,43,48,54-57,61-75,79-87H,5-24,26-27,29-30,32-36,38-42,44-47,49-53H2,1-4H3,(H,88,89)/b28-25-,37-31+,48-43+. The van der Waals surface area contributed by atoms with Gasteiger partial charge in [0.15, 0.2) is 18.7 Å². The number of allylic oxidation sites excluding steroid dienone is 5. The van der Waals surface area contributed by atoms with Gasteiger partial charge in [0.2, 0.25) is 0 Å². The van der Waals surface area contributed by atoms with Gasteiger partial charge in [0.05, 0.1) is 13.2 Å². The lowest BCUT2D eigenvalue weighted by Gasteiger charge is -2.49. The number of aliphatic hydroxyl groups is 10. The minimum atomic E-state index is -5.71. The van der Waals surface area contributed by atoms with Crippen LogP contribution in [-0.2, 0) is 61.2 Å². The van der Waals surface area contributed by atoms with E-state index in [1.165, 1.54) is 141 Å². The van der Waals surface area contributed by atoms with Gasteiger partial charge in [-0.3, -0.25) is 18.6 Å². The van der Waals surface area contributed by atoms with E-state index in [0.717, 1.165) is 89.5 Å². The summed E-state index contributed by atoms with van der Waals surface area (Å²) in [6, 6.07) is 0. The molecular formula is C74H133O24P. The van der Waals surface area contributed by atoms with Crippen LogP contribution in [-0.4, -0.2) is 204 Å². The van der Waals surface area contributed by atoms with E-state index in [1.807, 2.05) is 6.08 Å². The first-order valence-electron chi connectivity index (χ1n) is 38.2. The lowest BCUT2D eigenvalue weighted by Crippen LogP contribution is -2.69. The molecule has 0 radical (unpaired) electrons. The summed E-state index contributed by atoms with van der Waals surface area (Å²) in [5, 5.41) is 110. The van der Waals surface area contributed by atoms with Crippen LogP contribution >= 0.6 is 7.82 Å². The zero-order valence-electron chi connectivity index (χ0n) is 60.4. The Morgan fingerprint density at radius 3 is 1.33 bits per heavy atom. The number of rotatable bonds is 58. The van der Waals surface area contributed by atoms with Crippen LogP contribution in [0.15, 0.2) is 36.5 Å². The summed E-state index contributed by atoms with van der Waals surface area (Å²) < 4.78 is 64.8. The molecule has 2 heterocycles.